The van der Waals surface area contributed by atoms with Gasteiger partial charge in [-0.3, -0.25) is 0 Å². The number of halogens is 1. The predicted molar refractivity (Wildman–Crippen MR) is 108 cm³/mol. The summed E-state index contributed by atoms with van der Waals surface area (Å²) >= 11 is 0. The molecule has 1 aliphatic rings. The van der Waals surface area contributed by atoms with E-state index in [-0.39, 0.29) is 5.82 Å². The SMILES string of the molecule is CCCCCc1ccc2cc(C3CCc4cc(F)ccc4C3)ccc2c1. The molecule has 134 valence electrons. The highest BCUT2D eigenvalue weighted by Crippen LogP contribution is 2.34. The van der Waals surface area contributed by atoms with Crippen molar-refractivity contribution in [2.45, 2.75) is 57.8 Å². The van der Waals surface area contributed by atoms with E-state index in [1.807, 2.05) is 6.07 Å². The molecule has 0 aliphatic heterocycles. The van der Waals surface area contributed by atoms with Crippen LogP contribution in [0.25, 0.3) is 10.8 Å². The van der Waals surface area contributed by atoms with Crippen LogP contribution in [0, 0.1) is 5.82 Å². The maximum absolute atomic E-state index is 13.4. The van der Waals surface area contributed by atoms with E-state index >= 15 is 0 Å². The number of unbranched alkanes of at least 4 members (excludes halogenated alkanes) is 2. The summed E-state index contributed by atoms with van der Waals surface area (Å²) in [5.74, 6) is 0.434. The lowest BCUT2D eigenvalue weighted by atomic mass is 9.80. The molecule has 0 N–H and O–H groups in total. The Bertz CT molecular complexity index is 909. The van der Waals surface area contributed by atoms with Crippen LogP contribution in [0.15, 0.2) is 54.6 Å². The van der Waals surface area contributed by atoms with Crippen molar-refractivity contribution in [1.82, 2.24) is 0 Å². The zero-order valence-electron chi connectivity index (χ0n) is 15.6. The average molecular weight is 346 g/mol. The van der Waals surface area contributed by atoms with Crippen LogP contribution in [0.5, 0.6) is 0 Å². The lowest BCUT2D eigenvalue weighted by Gasteiger charge is -2.25. The first-order valence-corrected chi connectivity index (χ1v) is 10.0. The first kappa shape index (κ1) is 17.3. The summed E-state index contributed by atoms with van der Waals surface area (Å²) in [7, 11) is 0. The Hall–Kier alpha value is -2.15. The minimum absolute atomic E-state index is 0.109. The standard InChI is InChI=1S/C25H27F/c1-2-3-4-5-18-6-7-20-15-21(9-8-19(20)14-18)22-10-11-24-17-25(26)13-12-23(24)16-22/h6-9,12-15,17,22H,2-5,10-11,16H2,1H3. The minimum atomic E-state index is -0.109. The van der Waals surface area contributed by atoms with Crippen molar-refractivity contribution >= 4 is 10.8 Å². The lowest BCUT2D eigenvalue weighted by Crippen LogP contribution is -2.13. The number of rotatable bonds is 5. The Morgan fingerprint density at radius 1 is 0.885 bits per heavy atom. The van der Waals surface area contributed by atoms with Crippen LogP contribution >= 0.6 is 0 Å². The summed E-state index contributed by atoms with van der Waals surface area (Å²) in [5, 5.41) is 2.69. The molecular weight excluding hydrogens is 319 g/mol. The molecule has 0 bridgehead atoms. The van der Waals surface area contributed by atoms with E-state index in [4.69, 9.17) is 0 Å². The molecule has 0 saturated heterocycles. The second kappa shape index (κ2) is 7.61. The molecule has 1 atom stereocenters. The Morgan fingerprint density at radius 2 is 1.73 bits per heavy atom. The maximum atomic E-state index is 13.4. The average Bonchev–Trinajstić information content (AvgIpc) is 2.67. The van der Waals surface area contributed by atoms with E-state index in [1.54, 1.807) is 12.1 Å². The van der Waals surface area contributed by atoms with Crippen LogP contribution in [0.2, 0.25) is 0 Å². The van der Waals surface area contributed by atoms with E-state index in [9.17, 15) is 4.39 Å². The largest absolute Gasteiger partial charge is 0.207 e. The van der Waals surface area contributed by atoms with Gasteiger partial charge in [0.2, 0.25) is 0 Å². The van der Waals surface area contributed by atoms with Gasteiger partial charge < -0.3 is 0 Å². The molecule has 0 amide bonds. The molecule has 1 heteroatoms. The number of hydrogen-bond acceptors (Lipinski definition) is 0. The second-order valence-electron chi connectivity index (χ2n) is 7.75. The molecule has 1 aliphatic carbocycles. The third kappa shape index (κ3) is 3.67. The van der Waals surface area contributed by atoms with Gasteiger partial charge in [0, 0.05) is 0 Å². The van der Waals surface area contributed by atoms with E-state index in [1.165, 1.54) is 58.7 Å². The predicted octanol–water partition coefficient (Wildman–Crippen LogP) is 6.98. The third-order valence-electron chi connectivity index (χ3n) is 5.87. The Labute approximate surface area is 156 Å². The molecule has 26 heavy (non-hydrogen) atoms. The highest BCUT2D eigenvalue weighted by Gasteiger charge is 2.20. The number of benzene rings is 3. The van der Waals surface area contributed by atoms with Crippen molar-refractivity contribution in [2.75, 3.05) is 0 Å². The highest BCUT2D eigenvalue weighted by molar-refractivity contribution is 5.84. The fourth-order valence-corrected chi connectivity index (χ4v) is 4.31. The Balaban J connectivity index is 1.54. The fraction of sp³-hybridized carbons (Fsp3) is 0.360. The van der Waals surface area contributed by atoms with E-state index in [0.29, 0.717) is 5.92 Å². The zero-order chi connectivity index (χ0) is 17.9. The van der Waals surface area contributed by atoms with Crippen molar-refractivity contribution in [3.63, 3.8) is 0 Å². The van der Waals surface area contributed by atoms with Crippen molar-refractivity contribution in [3.8, 4) is 0 Å². The Morgan fingerprint density at radius 3 is 2.62 bits per heavy atom. The second-order valence-corrected chi connectivity index (χ2v) is 7.75. The summed E-state index contributed by atoms with van der Waals surface area (Å²) in [6.07, 6.45) is 8.15. The lowest BCUT2D eigenvalue weighted by molar-refractivity contribution is 0.573. The van der Waals surface area contributed by atoms with E-state index in [0.717, 1.165) is 19.3 Å². The third-order valence-corrected chi connectivity index (χ3v) is 5.87. The van der Waals surface area contributed by atoms with Gasteiger partial charge in [0.25, 0.3) is 0 Å². The van der Waals surface area contributed by atoms with Crippen molar-refractivity contribution < 1.29 is 4.39 Å². The van der Waals surface area contributed by atoms with Gasteiger partial charge >= 0.3 is 0 Å². The summed E-state index contributed by atoms with van der Waals surface area (Å²) in [5.41, 5.74) is 5.38. The van der Waals surface area contributed by atoms with Gasteiger partial charge in [-0.15, -0.1) is 0 Å². The van der Waals surface area contributed by atoms with Gasteiger partial charge in [-0.2, -0.15) is 0 Å². The fourth-order valence-electron chi connectivity index (χ4n) is 4.31. The first-order valence-electron chi connectivity index (χ1n) is 10.0. The molecule has 0 heterocycles. The van der Waals surface area contributed by atoms with Crippen LogP contribution in [0.1, 0.15) is 60.8 Å². The molecule has 0 radical (unpaired) electrons. The Kier molecular flexibility index (Phi) is 5.06. The van der Waals surface area contributed by atoms with Gasteiger partial charge in [0.1, 0.15) is 5.82 Å². The van der Waals surface area contributed by atoms with Crippen LogP contribution in [0.4, 0.5) is 4.39 Å². The first-order chi connectivity index (χ1) is 12.7. The molecule has 3 aromatic carbocycles. The molecule has 1 unspecified atom stereocenters. The molecule has 0 fully saturated rings. The van der Waals surface area contributed by atoms with Crippen molar-refractivity contribution in [3.05, 3.63) is 82.7 Å². The van der Waals surface area contributed by atoms with Gasteiger partial charge in [-0.1, -0.05) is 62.2 Å². The number of hydrogen-bond donors (Lipinski definition) is 0. The molecule has 0 nitrogen and oxygen atoms in total. The summed E-state index contributed by atoms with van der Waals surface area (Å²) in [6.45, 7) is 2.25. The van der Waals surface area contributed by atoms with Crippen molar-refractivity contribution in [2.24, 2.45) is 0 Å². The zero-order valence-corrected chi connectivity index (χ0v) is 15.6. The molecule has 0 saturated carbocycles. The smallest absolute Gasteiger partial charge is 0.123 e. The molecule has 0 spiro atoms. The maximum Gasteiger partial charge on any atom is 0.123 e. The molecular formula is C25H27F. The molecule has 4 rings (SSSR count). The van der Waals surface area contributed by atoms with Crippen LogP contribution < -0.4 is 0 Å². The quantitative estimate of drug-likeness (QED) is 0.437. The molecule has 3 aromatic rings. The topological polar surface area (TPSA) is 0 Å². The van der Waals surface area contributed by atoms with Crippen LogP contribution in [-0.4, -0.2) is 0 Å². The summed E-state index contributed by atoms with van der Waals surface area (Å²) < 4.78 is 13.4. The van der Waals surface area contributed by atoms with Crippen LogP contribution in [-0.2, 0) is 19.3 Å². The summed E-state index contributed by atoms with van der Waals surface area (Å²) in [6, 6.07) is 19.2. The minimum Gasteiger partial charge on any atom is -0.207 e. The van der Waals surface area contributed by atoms with Gasteiger partial charge in [-0.25, -0.2) is 4.39 Å². The normalized spacial score (nSPS) is 16.6. The van der Waals surface area contributed by atoms with Gasteiger partial charge in [0.05, 0.1) is 0 Å². The monoisotopic (exact) mass is 346 g/mol. The van der Waals surface area contributed by atoms with Crippen LogP contribution in [0.3, 0.4) is 0 Å². The van der Waals surface area contributed by atoms with E-state index in [2.05, 4.69) is 43.3 Å². The summed E-state index contributed by atoms with van der Waals surface area (Å²) in [4.78, 5) is 0. The highest BCUT2D eigenvalue weighted by atomic mass is 19.1. The van der Waals surface area contributed by atoms with Gasteiger partial charge in [0.15, 0.2) is 0 Å². The van der Waals surface area contributed by atoms with Gasteiger partial charge in [-0.05, 0) is 83.2 Å². The number of fused-ring (bicyclic) bond motifs is 2. The van der Waals surface area contributed by atoms with E-state index < -0.39 is 0 Å². The molecule has 0 aromatic heterocycles. The number of aryl methyl sites for hydroxylation is 2. The van der Waals surface area contributed by atoms with Crippen molar-refractivity contribution in [1.29, 1.82) is 0 Å².